The molecule has 0 aliphatic heterocycles. The molecule has 0 fully saturated rings. The van der Waals surface area contributed by atoms with Gasteiger partial charge in [-0.2, -0.15) is 5.10 Å². The molecule has 0 saturated carbocycles. The van der Waals surface area contributed by atoms with E-state index in [0.29, 0.717) is 16.0 Å². The quantitative estimate of drug-likeness (QED) is 0.864. The highest BCUT2D eigenvalue weighted by Crippen LogP contribution is 2.21. The molecule has 0 N–H and O–H groups in total. The highest BCUT2D eigenvalue weighted by atomic mass is 79.9. The predicted octanol–water partition coefficient (Wildman–Crippen LogP) is 2.00. The van der Waals surface area contributed by atoms with Gasteiger partial charge in [0.05, 0.1) is 29.3 Å². The van der Waals surface area contributed by atoms with Gasteiger partial charge in [-0.25, -0.2) is 4.98 Å². The van der Waals surface area contributed by atoms with E-state index < -0.39 is 0 Å². The monoisotopic (exact) mass is 330 g/mol. The smallest absolute Gasteiger partial charge is 0.267 e. The fraction of sp³-hybridized carbons (Fsp3) is 0.364. The topological polar surface area (TPSA) is 52.7 Å². The van der Waals surface area contributed by atoms with Crippen LogP contribution in [-0.4, -0.2) is 19.3 Å². The van der Waals surface area contributed by atoms with Gasteiger partial charge in [-0.3, -0.25) is 14.0 Å². The second-order valence-corrected chi connectivity index (χ2v) is 5.09. The standard InChI is InChI=1S/C11H12BrClN4O/c1-3-8-10(13)9(16(2)15-8)5-17-6-14-4-7(12)11(17)18/h4,6H,3,5H2,1-2H3. The van der Waals surface area contributed by atoms with Crippen LogP contribution in [0.1, 0.15) is 18.3 Å². The zero-order valence-corrected chi connectivity index (χ0v) is 12.4. The van der Waals surface area contributed by atoms with Crippen LogP contribution in [0.25, 0.3) is 0 Å². The maximum atomic E-state index is 11.9. The van der Waals surface area contributed by atoms with Crippen molar-refractivity contribution < 1.29 is 0 Å². The lowest BCUT2D eigenvalue weighted by atomic mass is 10.3. The SMILES string of the molecule is CCc1nn(C)c(Cn2cncc(Br)c2=O)c1Cl. The van der Waals surface area contributed by atoms with Crippen LogP contribution in [0, 0.1) is 0 Å². The Bertz CT molecular complexity index is 634. The van der Waals surface area contributed by atoms with Crippen molar-refractivity contribution in [2.75, 3.05) is 0 Å². The van der Waals surface area contributed by atoms with E-state index in [0.717, 1.165) is 17.8 Å². The van der Waals surface area contributed by atoms with Crippen LogP contribution in [0.4, 0.5) is 0 Å². The van der Waals surface area contributed by atoms with Crippen LogP contribution in [0.5, 0.6) is 0 Å². The first kappa shape index (κ1) is 13.3. The highest BCUT2D eigenvalue weighted by Gasteiger charge is 2.14. The van der Waals surface area contributed by atoms with Gasteiger partial charge in [0, 0.05) is 13.2 Å². The lowest BCUT2D eigenvalue weighted by molar-refractivity contribution is 0.640. The average molecular weight is 332 g/mol. The van der Waals surface area contributed by atoms with Crippen LogP contribution in [0.3, 0.4) is 0 Å². The molecule has 0 spiro atoms. The Labute approximate surface area is 118 Å². The minimum atomic E-state index is -0.139. The van der Waals surface area contributed by atoms with Gasteiger partial charge in [-0.05, 0) is 22.4 Å². The molecule has 0 amide bonds. The van der Waals surface area contributed by atoms with Crippen LogP contribution in [0.15, 0.2) is 21.8 Å². The third-order valence-corrected chi connectivity index (χ3v) is 3.66. The van der Waals surface area contributed by atoms with Gasteiger partial charge in [0.2, 0.25) is 0 Å². The summed E-state index contributed by atoms with van der Waals surface area (Å²) >= 11 is 9.41. The second-order valence-electron chi connectivity index (χ2n) is 3.86. The maximum absolute atomic E-state index is 11.9. The average Bonchev–Trinajstić information content (AvgIpc) is 2.62. The normalized spacial score (nSPS) is 10.9. The molecule has 2 rings (SSSR count). The molecule has 0 radical (unpaired) electrons. The number of hydrogen-bond donors (Lipinski definition) is 0. The molecule has 0 unspecified atom stereocenters. The van der Waals surface area contributed by atoms with Gasteiger partial charge in [-0.1, -0.05) is 18.5 Å². The summed E-state index contributed by atoms with van der Waals surface area (Å²) in [5.74, 6) is 0. The highest BCUT2D eigenvalue weighted by molar-refractivity contribution is 9.10. The number of hydrogen-bond acceptors (Lipinski definition) is 3. The van der Waals surface area contributed by atoms with E-state index in [9.17, 15) is 4.79 Å². The van der Waals surface area contributed by atoms with Crippen molar-refractivity contribution in [1.29, 1.82) is 0 Å². The molecule has 0 atom stereocenters. The number of nitrogens with zero attached hydrogens (tertiary/aromatic N) is 4. The summed E-state index contributed by atoms with van der Waals surface area (Å²) in [6, 6.07) is 0. The molecule has 0 aliphatic carbocycles. The second kappa shape index (κ2) is 5.24. The largest absolute Gasteiger partial charge is 0.292 e. The molecule has 0 saturated heterocycles. The van der Waals surface area contributed by atoms with Gasteiger partial charge in [-0.15, -0.1) is 0 Å². The Kier molecular flexibility index (Phi) is 3.87. The van der Waals surface area contributed by atoms with Crippen LogP contribution in [0.2, 0.25) is 5.02 Å². The molecule has 96 valence electrons. The number of aromatic nitrogens is 4. The zero-order chi connectivity index (χ0) is 13.3. The lowest BCUT2D eigenvalue weighted by Crippen LogP contribution is -2.22. The van der Waals surface area contributed by atoms with Crippen molar-refractivity contribution >= 4 is 27.5 Å². The molecule has 0 bridgehead atoms. The Morgan fingerprint density at radius 2 is 2.22 bits per heavy atom. The van der Waals surface area contributed by atoms with Gasteiger partial charge in [0.25, 0.3) is 5.56 Å². The van der Waals surface area contributed by atoms with E-state index in [2.05, 4.69) is 26.0 Å². The lowest BCUT2D eigenvalue weighted by Gasteiger charge is -2.06. The molecular formula is C11H12BrClN4O. The van der Waals surface area contributed by atoms with E-state index in [1.807, 2.05) is 14.0 Å². The van der Waals surface area contributed by atoms with Crippen LogP contribution >= 0.6 is 27.5 Å². The van der Waals surface area contributed by atoms with E-state index in [1.54, 1.807) is 4.68 Å². The summed E-state index contributed by atoms with van der Waals surface area (Å²) in [5.41, 5.74) is 1.50. The van der Waals surface area contributed by atoms with Crippen molar-refractivity contribution in [1.82, 2.24) is 19.3 Å². The summed E-state index contributed by atoms with van der Waals surface area (Å²) in [5, 5.41) is 4.93. The molecule has 0 aliphatic rings. The van der Waals surface area contributed by atoms with Crippen molar-refractivity contribution in [2.45, 2.75) is 19.9 Å². The van der Waals surface area contributed by atoms with E-state index in [1.165, 1.54) is 17.1 Å². The zero-order valence-electron chi connectivity index (χ0n) is 10.0. The molecule has 18 heavy (non-hydrogen) atoms. The minimum Gasteiger partial charge on any atom is -0.292 e. The van der Waals surface area contributed by atoms with Gasteiger partial charge in [0.1, 0.15) is 4.47 Å². The molecule has 7 heteroatoms. The Morgan fingerprint density at radius 1 is 1.50 bits per heavy atom. The van der Waals surface area contributed by atoms with E-state index in [4.69, 9.17) is 11.6 Å². The first-order valence-electron chi connectivity index (χ1n) is 5.44. The minimum absolute atomic E-state index is 0.139. The number of aryl methyl sites for hydroxylation is 2. The third-order valence-electron chi connectivity index (χ3n) is 2.68. The third kappa shape index (κ3) is 2.35. The van der Waals surface area contributed by atoms with Gasteiger partial charge >= 0.3 is 0 Å². The molecule has 2 heterocycles. The molecular weight excluding hydrogens is 320 g/mol. The summed E-state index contributed by atoms with van der Waals surface area (Å²) in [6.45, 7) is 2.35. The number of rotatable bonds is 3. The first-order valence-corrected chi connectivity index (χ1v) is 6.61. The Hall–Kier alpha value is -1.14. The van der Waals surface area contributed by atoms with Crippen molar-refractivity contribution in [3.05, 3.63) is 43.8 Å². The Morgan fingerprint density at radius 3 is 2.83 bits per heavy atom. The summed E-state index contributed by atoms with van der Waals surface area (Å²) in [4.78, 5) is 15.8. The summed E-state index contributed by atoms with van der Waals surface area (Å²) in [7, 11) is 1.82. The summed E-state index contributed by atoms with van der Waals surface area (Å²) in [6.07, 6.45) is 3.72. The van der Waals surface area contributed by atoms with Crippen molar-refractivity contribution in [2.24, 2.45) is 7.05 Å². The van der Waals surface area contributed by atoms with Crippen molar-refractivity contribution in [3.8, 4) is 0 Å². The molecule has 5 nitrogen and oxygen atoms in total. The molecule has 2 aromatic rings. The number of halogens is 2. The van der Waals surface area contributed by atoms with E-state index >= 15 is 0 Å². The Balaban J connectivity index is 2.43. The van der Waals surface area contributed by atoms with Gasteiger partial charge < -0.3 is 0 Å². The molecule has 0 aromatic carbocycles. The fourth-order valence-corrected chi connectivity index (χ4v) is 2.39. The van der Waals surface area contributed by atoms with E-state index in [-0.39, 0.29) is 5.56 Å². The van der Waals surface area contributed by atoms with Gasteiger partial charge in [0.15, 0.2) is 0 Å². The van der Waals surface area contributed by atoms with Crippen molar-refractivity contribution in [3.63, 3.8) is 0 Å². The molecule has 2 aromatic heterocycles. The fourth-order valence-electron chi connectivity index (χ4n) is 1.69. The van der Waals surface area contributed by atoms with Crippen LogP contribution in [-0.2, 0) is 20.0 Å². The first-order chi connectivity index (χ1) is 8.54. The maximum Gasteiger partial charge on any atom is 0.267 e. The van der Waals surface area contributed by atoms with Crippen LogP contribution < -0.4 is 5.56 Å². The predicted molar refractivity (Wildman–Crippen MR) is 72.9 cm³/mol. The summed E-state index contributed by atoms with van der Waals surface area (Å²) < 4.78 is 3.63.